The number of carbonyl (C=O) groups is 1. The fourth-order valence-corrected chi connectivity index (χ4v) is 2.91. The van der Waals surface area contributed by atoms with E-state index in [0.29, 0.717) is 22.8 Å². The Hall–Kier alpha value is -4.28. The van der Waals surface area contributed by atoms with Gasteiger partial charge in [-0.2, -0.15) is 10.1 Å². The number of nitrogens with zero attached hydrogens (tertiary/aromatic N) is 4. The second kappa shape index (κ2) is 7.99. The number of ether oxygens (including phenoxy) is 2. The van der Waals surface area contributed by atoms with Crippen LogP contribution >= 0.6 is 0 Å². The number of nitro groups is 2. The molecule has 0 fully saturated rings. The highest BCUT2D eigenvalue weighted by molar-refractivity contribution is 6.32. The van der Waals surface area contributed by atoms with E-state index in [1.54, 1.807) is 31.2 Å². The number of hydrogen-bond donors (Lipinski definition) is 0. The standard InChI is InChI=1S/C19H16N4O7/c1-11-14(8-12-4-7-17(29-2)18(9-12)30-3)19(24)21(20-11)15-6-5-13(22(25)26)10-16(15)23(27)28/h4-10H,1-3H3/b14-8-. The minimum absolute atomic E-state index is 0.161. The Kier molecular flexibility index (Phi) is 5.45. The molecule has 1 heterocycles. The van der Waals surface area contributed by atoms with Gasteiger partial charge in [0.1, 0.15) is 5.69 Å². The number of anilines is 1. The number of hydrazone groups is 1. The summed E-state index contributed by atoms with van der Waals surface area (Å²) in [5.74, 6) is 0.389. The number of nitro benzene ring substituents is 2. The van der Waals surface area contributed by atoms with Crippen LogP contribution in [0.3, 0.4) is 0 Å². The summed E-state index contributed by atoms with van der Waals surface area (Å²) in [6.45, 7) is 1.59. The lowest BCUT2D eigenvalue weighted by atomic mass is 10.1. The molecule has 154 valence electrons. The molecule has 1 aliphatic rings. The van der Waals surface area contributed by atoms with Crippen molar-refractivity contribution in [3.05, 3.63) is 67.8 Å². The summed E-state index contributed by atoms with van der Waals surface area (Å²) in [7, 11) is 2.99. The summed E-state index contributed by atoms with van der Waals surface area (Å²) in [4.78, 5) is 33.7. The van der Waals surface area contributed by atoms with Gasteiger partial charge in [-0.15, -0.1) is 0 Å². The van der Waals surface area contributed by atoms with Gasteiger partial charge in [-0.25, -0.2) is 0 Å². The van der Waals surface area contributed by atoms with Crippen LogP contribution in [0, 0.1) is 20.2 Å². The highest BCUT2D eigenvalue weighted by atomic mass is 16.6. The van der Waals surface area contributed by atoms with Crippen LogP contribution in [0.4, 0.5) is 17.1 Å². The van der Waals surface area contributed by atoms with Gasteiger partial charge in [0.2, 0.25) is 0 Å². The molecule has 0 aliphatic carbocycles. The predicted octanol–water partition coefficient (Wildman–Crippen LogP) is 3.33. The number of methoxy groups -OCH3 is 2. The van der Waals surface area contributed by atoms with Gasteiger partial charge in [-0.3, -0.25) is 25.0 Å². The lowest BCUT2D eigenvalue weighted by Crippen LogP contribution is -2.22. The molecule has 0 radical (unpaired) electrons. The van der Waals surface area contributed by atoms with E-state index in [9.17, 15) is 25.0 Å². The summed E-state index contributed by atoms with van der Waals surface area (Å²) < 4.78 is 10.4. The lowest BCUT2D eigenvalue weighted by molar-refractivity contribution is -0.393. The van der Waals surface area contributed by atoms with Crippen LogP contribution in [0.5, 0.6) is 11.5 Å². The topological polar surface area (TPSA) is 137 Å². The molecule has 11 heteroatoms. The molecule has 0 N–H and O–H groups in total. The average Bonchev–Trinajstić information content (AvgIpc) is 3.01. The Morgan fingerprint density at radius 1 is 1.00 bits per heavy atom. The number of carbonyl (C=O) groups excluding carboxylic acids is 1. The highest BCUT2D eigenvalue weighted by Crippen LogP contribution is 2.36. The first-order valence-electron chi connectivity index (χ1n) is 8.53. The van der Waals surface area contributed by atoms with E-state index in [0.717, 1.165) is 23.2 Å². The van der Waals surface area contributed by atoms with Crippen molar-refractivity contribution in [3.63, 3.8) is 0 Å². The molecule has 0 spiro atoms. The van der Waals surface area contributed by atoms with Crippen LogP contribution in [0.1, 0.15) is 12.5 Å². The quantitative estimate of drug-likeness (QED) is 0.403. The zero-order chi connectivity index (χ0) is 22.0. The molecule has 2 aromatic carbocycles. The molecule has 0 saturated carbocycles. The minimum atomic E-state index is -0.795. The maximum Gasteiger partial charge on any atom is 0.301 e. The van der Waals surface area contributed by atoms with Crippen molar-refractivity contribution in [3.8, 4) is 11.5 Å². The average molecular weight is 412 g/mol. The normalized spacial score (nSPS) is 14.6. The second-order valence-corrected chi connectivity index (χ2v) is 6.16. The van der Waals surface area contributed by atoms with E-state index in [4.69, 9.17) is 9.47 Å². The largest absolute Gasteiger partial charge is 0.493 e. The van der Waals surface area contributed by atoms with Crippen molar-refractivity contribution in [2.45, 2.75) is 6.92 Å². The van der Waals surface area contributed by atoms with E-state index in [1.807, 2.05) is 0 Å². The van der Waals surface area contributed by atoms with Gasteiger partial charge in [0.05, 0.1) is 41.4 Å². The minimum Gasteiger partial charge on any atom is -0.493 e. The zero-order valence-electron chi connectivity index (χ0n) is 16.2. The zero-order valence-corrected chi connectivity index (χ0v) is 16.2. The van der Waals surface area contributed by atoms with Gasteiger partial charge in [0, 0.05) is 6.07 Å². The van der Waals surface area contributed by atoms with Crippen molar-refractivity contribution < 1.29 is 24.1 Å². The van der Waals surface area contributed by atoms with Crippen LogP contribution in [0.2, 0.25) is 0 Å². The maximum absolute atomic E-state index is 12.9. The number of hydrogen-bond acceptors (Lipinski definition) is 8. The predicted molar refractivity (Wildman–Crippen MR) is 108 cm³/mol. The molecular weight excluding hydrogens is 396 g/mol. The molecule has 0 saturated heterocycles. The molecule has 3 rings (SSSR count). The molecular formula is C19H16N4O7. The first-order chi connectivity index (χ1) is 14.3. The molecule has 0 bridgehead atoms. The van der Waals surface area contributed by atoms with Crippen molar-refractivity contribution in [1.82, 2.24) is 0 Å². The van der Waals surface area contributed by atoms with E-state index >= 15 is 0 Å². The molecule has 1 amide bonds. The van der Waals surface area contributed by atoms with E-state index in [-0.39, 0.29) is 11.3 Å². The Morgan fingerprint density at radius 3 is 2.30 bits per heavy atom. The molecule has 11 nitrogen and oxygen atoms in total. The van der Waals surface area contributed by atoms with Crippen LogP contribution in [-0.2, 0) is 4.79 Å². The Morgan fingerprint density at radius 2 is 1.70 bits per heavy atom. The number of non-ortho nitro benzene ring substituents is 1. The third kappa shape index (κ3) is 3.68. The smallest absolute Gasteiger partial charge is 0.301 e. The second-order valence-electron chi connectivity index (χ2n) is 6.16. The lowest BCUT2D eigenvalue weighted by Gasteiger charge is -2.12. The van der Waals surface area contributed by atoms with E-state index in [2.05, 4.69) is 5.10 Å². The Labute approximate surface area is 170 Å². The van der Waals surface area contributed by atoms with E-state index < -0.39 is 27.1 Å². The SMILES string of the molecule is COc1ccc(/C=C2\C(=O)N(c3ccc([N+](=O)[O-])cc3[N+](=O)[O-])N=C2C)cc1OC. The first-order valence-corrected chi connectivity index (χ1v) is 8.53. The Balaban J connectivity index is 2.02. The van der Waals surface area contributed by atoms with Gasteiger partial charge in [0.15, 0.2) is 11.5 Å². The van der Waals surface area contributed by atoms with Crippen molar-refractivity contribution in [2.24, 2.45) is 5.10 Å². The molecule has 2 aromatic rings. The molecule has 0 unspecified atom stereocenters. The number of rotatable bonds is 6. The summed E-state index contributed by atoms with van der Waals surface area (Å²) in [6, 6.07) is 8.07. The van der Waals surface area contributed by atoms with Crippen LogP contribution in [0.25, 0.3) is 6.08 Å². The molecule has 30 heavy (non-hydrogen) atoms. The van der Waals surface area contributed by atoms with Crippen LogP contribution < -0.4 is 14.5 Å². The number of benzene rings is 2. The van der Waals surface area contributed by atoms with Gasteiger partial charge < -0.3 is 9.47 Å². The fraction of sp³-hybridized carbons (Fsp3) is 0.158. The van der Waals surface area contributed by atoms with Crippen LogP contribution in [0.15, 0.2) is 47.1 Å². The molecule has 0 atom stereocenters. The van der Waals surface area contributed by atoms with Gasteiger partial charge in [0.25, 0.3) is 11.6 Å². The van der Waals surface area contributed by atoms with Gasteiger partial charge in [-0.05, 0) is 36.8 Å². The summed E-state index contributed by atoms with van der Waals surface area (Å²) in [6.07, 6.45) is 1.57. The molecule has 1 aliphatic heterocycles. The summed E-state index contributed by atoms with van der Waals surface area (Å²) in [5.41, 5.74) is -0.0334. The van der Waals surface area contributed by atoms with Crippen molar-refractivity contribution in [1.29, 1.82) is 0 Å². The highest BCUT2D eigenvalue weighted by Gasteiger charge is 2.34. The third-order valence-corrected chi connectivity index (χ3v) is 4.38. The van der Waals surface area contributed by atoms with Crippen molar-refractivity contribution >= 4 is 34.8 Å². The first kappa shape index (κ1) is 20.5. The third-order valence-electron chi connectivity index (χ3n) is 4.38. The van der Waals surface area contributed by atoms with Crippen molar-refractivity contribution in [2.75, 3.05) is 19.2 Å². The fourth-order valence-electron chi connectivity index (χ4n) is 2.91. The van der Waals surface area contributed by atoms with Gasteiger partial charge >= 0.3 is 5.69 Å². The molecule has 0 aromatic heterocycles. The number of amides is 1. The monoisotopic (exact) mass is 412 g/mol. The summed E-state index contributed by atoms with van der Waals surface area (Å²) >= 11 is 0. The van der Waals surface area contributed by atoms with E-state index in [1.165, 1.54) is 14.2 Å². The summed E-state index contributed by atoms with van der Waals surface area (Å²) in [5, 5.41) is 27.3. The maximum atomic E-state index is 12.9. The van der Waals surface area contributed by atoms with Gasteiger partial charge in [-0.1, -0.05) is 6.07 Å². The van der Waals surface area contributed by atoms with Crippen LogP contribution in [-0.4, -0.2) is 35.7 Å². The Bertz CT molecular complexity index is 1120.